The van der Waals surface area contributed by atoms with Crippen LogP contribution in [-0.4, -0.2) is 59.6 Å². The lowest BCUT2D eigenvalue weighted by Gasteiger charge is -2.31. The Bertz CT molecular complexity index is 339. The molecule has 2 aliphatic heterocycles. The van der Waals surface area contributed by atoms with Crippen molar-refractivity contribution in [1.82, 2.24) is 9.80 Å². The predicted molar refractivity (Wildman–Crippen MR) is 73.8 cm³/mol. The highest BCUT2D eigenvalue weighted by Gasteiger charge is 2.41. The topological polar surface area (TPSA) is 43.8 Å². The van der Waals surface area contributed by atoms with E-state index in [0.29, 0.717) is 18.5 Å². The molecule has 4 heteroatoms. The van der Waals surface area contributed by atoms with Gasteiger partial charge in [-0.3, -0.25) is 9.69 Å². The molecule has 0 bridgehead atoms. The fraction of sp³-hybridized carbons (Fsp3) is 0.933. The van der Waals surface area contributed by atoms with E-state index in [0.717, 1.165) is 32.5 Å². The van der Waals surface area contributed by atoms with Crippen molar-refractivity contribution in [3.05, 3.63) is 0 Å². The minimum Gasteiger partial charge on any atom is -0.392 e. The van der Waals surface area contributed by atoms with Crippen molar-refractivity contribution in [2.45, 2.75) is 51.0 Å². The van der Waals surface area contributed by atoms with Crippen molar-refractivity contribution in [2.75, 3.05) is 32.7 Å². The lowest BCUT2D eigenvalue weighted by Crippen LogP contribution is -2.45. The number of amides is 1. The zero-order chi connectivity index (χ0) is 13.3. The number of rotatable bonds is 2. The summed E-state index contributed by atoms with van der Waals surface area (Å²) in [6.45, 7) is 4.08. The Morgan fingerprint density at radius 1 is 1.16 bits per heavy atom. The van der Waals surface area contributed by atoms with Crippen LogP contribution in [0.3, 0.4) is 0 Å². The van der Waals surface area contributed by atoms with Crippen LogP contribution in [0.5, 0.6) is 0 Å². The predicted octanol–water partition coefficient (Wildman–Crippen LogP) is 1.24. The van der Waals surface area contributed by atoms with Crippen LogP contribution in [0.2, 0.25) is 0 Å². The molecule has 0 unspecified atom stereocenters. The van der Waals surface area contributed by atoms with Crippen molar-refractivity contribution >= 4 is 5.91 Å². The van der Waals surface area contributed by atoms with Crippen LogP contribution in [0.1, 0.15) is 44.9 Å². The Morgan fingerprint density at radius 3 is 2.68 bits per heavy atom. The summed E-state index contributed by atoms with van der Waals surface area (Å²) in [4.78, 5) is 16.6. The van der Waals surface area contributed by atoms with Gasteiger partial charge in [-0.05, 0) is 44.1 Å². The molecule has 0 aromatic heterocycles. The normalized spacial score (nSPS) is 31.2. The highest BCUT2D eigenvalue weighted by Crippen LogP contribution is 2.45. The number of carbonyl (C=O) groups is 1. The van der Waals surface area contributed by atoms with E-state index in [-0.39, 0.29) is 12.0 Å². The smallest absolute Gasteiger partial charge is 0.236 e. The molecule has 0 aromatic carbocycles. The van der Waals surface area contributed by atoms with Crippen LogP contribution in [-0.2, 0) is 4.79 Å². The Labute approximate surface area is 115 Å². The van der Waals surface area contributed by atoms with Gasteiger partial charge >= 0.3 is 0 Å². The molecule has 2 heterocycles. The van der Waals surface area contributed by atoms with E-state index in [9.17, 15) is 9.90 Å². The Morgan fingerprint density at radius 2 is 1.95 bits per heavy atom. The summed E-state index contributed by atoms with van der Waals surface area (Å²) in [5, 5.41) is 9.66. The van der Waals surface area contributed by atoms with Crippen molar-refractivity contribution in [2.24, 2.45) is 5.41 Å². The maximum absolute atomic E-state index is 12.4. The Balaban J connectivity index is 1.51. The largest absolute Gasteiger partial charge is 0.392 e. The molecule has 0 aromatic rings. The molecule has 1 atom stereocenters. The van der Waals surface area contributed by atoms with Gasteiger partial charge in [0.2, 0.25) is 5.91 Å². The van der Waals surface area contributed by atoms with Gasteiger partial charge in [0.25, 0.3) is 0 Å². The number of nitrogens with zero attached hydrogens (tertiary/aromatic N) is 2. The number of hydrogen-bond donors (Lipinski definition) is 1. The maximum Gasteiger partial charge on any atom is 0.236 e. The molecule has 19 heavy (non-hydrogen) atoms. The number of β-amino-alcohol motifs (C(OH)–C–C–N with tert-alkyl or cyclic N) is 1. The molecule has 4 nitrogen and oxygen atoms in total. The Hall–Kier alpha value is -0.610. The van der Waals surface area contributed by atoms with Gasteiger partial charge in [-0.25, -0.2) is 0 Å². The molecule has 0 radical (unpaired) electrons. The van der Waals surface area contributed by atoms with Crippen LogP contribution < -0.4 is 0 Å². The molecule has 1 saturated carbocycles. The number of piperidine rings is 1. The second-order valence-corrected chi connectivity index (χ2v) is 6.80. The van der Waals surface area contributed by atoms with E-state index in [2.05, 4.69) is 9.80 Å². The van der Waals surface area contributed by atoms with Gasteiger partial charge in [0.1, 0.15) is 0 Å². The molecule has 1 spiro atoms. The van der Waals surface area contributed by atoms with Gasteiger partial charge < -0.3 is 10.0 Å². The van der Waals surface area contributed by atoms with Crippen molar-refractivity contribution < 1.29 is 9.90 Å². The Kier molecular flexibility index (Phi) is 3.81. The van der Waals surface area contributed by atoms with E-state index in [4.69, 9.17) is 0 Å². The van der Waals surface area contributed by atoms with Crippen LogP contribution in [0.25, 0.3) is 0 Å². The SMILES string of the molecule is O=C(CN1CCC[C@@H](O)C1)N1CCC2(CCCC2)C1. The van der Waals surface area contributed by atoms with Crippen molar-refractivity contribution in [3.63, 3.8) is 0 Å². The summed E-state index contributed by atoms with van der Waals surface area (Å²) >= 11 is 0. The summed E-state index contributed by atoms with van der Waals surface area (Å²) in [5.74, 6) is 0.276. The van der Waals surface area contributed by atoms with Crippen LogP contribution in [0, 0.1) is 5.41 Å². The van der Waals surface area contributed by atoms with Gasteiger partial charge in [0.05, 0.1) is 12.6 Å². The highest BCUT2D eigenvalue weighted by molar-refractivity contribution is 5.78. The molecule has 1 aliphatic carbocycles. The van der Waals surface area contributed by atoms with Crippen LogP contribution in [0.4, 0.5) is 0 Å². The van der Waals surface area contributed by atoms with E-state index >= 15 is 0 Å². The molecule has 3 rings (SSSR count). The van der Waals surface area contributed by atoms with E-state index in [1.54, 1.807) is 0 Å². The van der Waals surface area contributed by atoms with E-state index < -0.39 is 0 Å². The monoisotopic (exact) mass is 266 g/mol. The van der Waals surface area contributed by atoms with Gasteiger partial charge in [-0.2, -0.15) is 0 Å². The number of carbonyl (C=O) groups excluding carboxylic acids is 1. The number of aliphatic hydroxyl groups excluding tert-OH is 1. The minimum absolute atomic E-state index is 0.235. The van der Waals surface area contributed by atoms with Crippen molar-refractivity contribution in [1.29, 1.82) is 0 Å². The van der Waals surface area contributed by atoms with E-state index in [1.165, 1.54) is 32.1 Å². The lowest BCUT2D eigenvalue weighted by atomic mass is 9.86. The van der Waals surface area contributed by atoms with Crippen molar-refractivity contribution in [3.8, 4) is 0 Å². The number of aliphatic hydroxyl groups is 1. The molecule has 3 aliphatic rings. The summed E-state index contributed by atoms with van der Waals surface area (Å²) in [5.41, 5.74) is 0.469. The van der Waals surface area contributed by atoms with Crippen LogP contribution >= 0.6 is 0 Å². The zero-order valence-electron chi connectivity index (χ0n) is 11.8. The fourth-order valence-electron chi connectivity index (χ4n) is 4.15. The lowest BCUT2D eigenvalue weighted by molar-refractivity contribution is -0.132. The second kappa shape index (κ2) is 5.41. The number of hydrogen-bond acceptors (Lipinski definition) is 3. The summed E-state index contributed by atoms with van der Waals surface area (Å²) in [6.07, 6.45) is 8.21. The zero-order valence-corrected chi connectivity index (χ0v) is 11.8. The summed E-state index contributed by atoms with van der Waals surface area (Å²) in [7, 11) is 0. The standard InChI is InChI=1S/C15H26N2O2/c18-13-4-3-8-16(10-13)11-14(19)17-9-7-15(12-17)5-1-2-6-15/h13,18H,1-12H2/t13-/m1/s1. The summed E-state index contributed by atoms with van der Waals surface area (Å²) < 4.78 is 0. The molecular formula is C15H26N2O2. The van der Waals surface area contributed by atoms with Gasteiger partial charge in [-0.1, -0.05) is 12.8 Å². The molecule has 1 N–H and O–H groups in total. The highest BCUT2D eigenvalue weighted by atomic mass is 16.3. The summed E-state index contributed by atoms with van der Waals surface area (Å²) in [6, 6.07) is 0. The van der Waals surface area contributed by atoms with E-state index in [1.807, 2.05) is 0 Å². The third-order valence-electron chi connectivity index (χ3n) is 5.29. The molecule has 2 saturated heterocycles. The average molecular weight is 266 g/mol. The average Bonchev–Trinajstić information content (AvgIpc) is 3.00. The van der Waals surface area contributed by atoms with Gasteiger partial charge in [-0.15, -0.1) is 0 Å². The first-order valence-corrected chi connectivity index (χ1v) is 7.85. The second-order valence-electron chi connectivity index (χ2n) is 6.80. The fourth-order valence-corrected chi connectivity index (χ4v) is 4.15. The molecular weight excluding hydrogens is 240 g/mol. The molecule has 1 amide bonds. The third kappa shape index (κ3) is 2.95. The first kappa shape index (κ1) is 13.4. The third-order valence-corrected chi connectivity index (χ3v) is 5.29. The molecule has 108 valence electrons. The van der Waals surface area contributed by atoms with Gasteiger partial charge in [0, 0.05) is 19.6 Å². The van der Waals surface area contributed by atoms with Crippen LogP contribution in [0.15, 0.2) is 0 Å². The first-order valence-electron chi connectivity index (χ1n) is 7.85. The number of likely N-dealkylation sites (tertiary alicyclic amines) is 2. The quantitative estimate of drug-likeness (QED) is 0.818. The van der Waals surface area contributed by atoms with Gasteiger partial charge in [0.15, 0.2) is 0 Å². The maximum atomic E-state index is 12.4. The minimum atomic E-state index is -0.235. The molecule has 3 fully saturated rings. The first-order chi connectivity index (χ1) is 9.17.